The summed E-state index contributed by atoms with van der Waals surface area (Å²) in [6.45, 7) is 5.44. The predicted octanol–water partition coefficient (Wildman–Crippen LogP) is 5.21. The maximum absolute atomic E-state index is 6.31. The molecule has 2 saturated heterocycles. The Morgan fingerprint density at radius 3 is 2.78 bits per heavy atom. The van der Waals surface area contributed by atoms with Crippen molar-refractivity contribution in [3.8, 4) is 22.6 Å². The van der Waals surface area contributed by atoms with E-state index in [1.807, 2.05) is 12.4 Å². The molecule has 184 valence electrons. The molecule has 2 N–H and O–H groups in total. The minimum Gasteiger partial charge on any atom is -0.419 e. The van der Waals surface area contributed by atoms with Gasteiger partial charge in [0.25, 0.3) is 0 Å². The van der Waals surface area contributed by atoms with Crippen molar-refractivity contribution >= 4 is 21.8 Å². The van der Waals surface area contributed by atoms with Gasteiger partial charge in [0.1, 0.15) is 0 Å². The van der Waals surface area contributed by atoms with Gasteiger partial charge in [-0.2, -0.15) is 5.10 Å². The first-order chi connectivity index (χ1) is 17.8. The third-order valence-corrected chi connectivity index (χ3v) is 7.92. The van der Waals surface area contributed by atoms with E-state index in [0.29, 0.717) is 24.4 Å². The summed E-state index contributed by atoms with van der Waals surface area (Å²) < 4.78 is 6.31. The van der Waals surface area contributed by atoms with Crippen LogP contribution in [0.2, 0.25) is 0 Å². The van der Waals surface area contributed by atoms with E-state index in [0.717, 1.165) is 46.2 Å². The summed E-state index contributed by atoms with van der Waals surface area (Å²) in [7, 11) is 0. The number of fused-ring (bicyclic) bond motifs is 2. The minimum atomic E-state index is 0.549. The lowest BCUT2D eigenvalue weighted by Crippen LogP contribution is -2.45. The first-order valence-corrected chi connectivity index (χ1v) is 13.1. The highest BCUT2D eigenvalue weighted by atomic mass is 16.4. The van der Waals surface area contributed by atoms with Crippen LogP contribution >= 0.6 is 0 Å². The van der Waals surface area contributed by atoms with Crippen LogP contribution < -0.4 is 0 Å². The lowest BCUT2D eigenvalue weighted by molar-refractivity contribution is 0.0976. The molecule has 7 rings (SSSR count). The fraction of sp³-hybridized carbons (Fsp3) is 0.393. The van der Waals surface area contributed by atoms with Gasteiger partial charge in [0.2, 0.25) is 11.8 Å². The van der Waals surface area contributed by atoms with E-state index in [-0.39, 0.29) is 0 Å². The van der Waals surface area contributed by atoms with Gasteiger partial charge >= 0.3 is 0 Å². The van der Waals surface area contributed by atoms with Gasteiger partial charge < -0.3 is 14.3 Å². The summed E-state index contributed by atoms with van der Waals surface area (Å²) in [6, 6.07) is 13.3. The molecular weight excluding hydrogens is 450 g/mol. The van der Waals surface area contributed by atoms with Crippen molar-refractivity contribution in [2.24, 2.45) is 0 Å². The molecule has 0 aliphatic carbocycles. The zero-order valence-corrected chi connectivity index (χ0v) is 20.4. The van der Waals surface area contributed by atoms with Crippen molar-refractivity contribution < 1.29 is 4.42 Å². The largest absolute Gasteiger partial charge is 0.419 e. The number of benzene rings is 2. The number of nitrogens with zero attached hydrogens (tertiary/aromatic N) is 5. The monoisotopic (exact) mass is 481 g/mol. The molecule has 36 heavy (non-hydrogen) atoms. The summed E-state index contributed by atoms with van der Waals surface area (Å²) in [5.41, 5.74) is 5.23. The maximum atomic E-state index is 6.31. The highest BCUT2D eigenvalue weighted by molar-refractivity contribution is 6.01. The van der Waals surface area contributed by atoms with Crippen molar-refractivity contribution in [2.45, 2.75) is 44.7 Å². The van der Waals surface area contributed by atoms with Gasteiger partial charge in [0.15, 0.2) is 0 Å². The maximum Gasteiger partial charge on any atom is 0.248 e. The number of nitrogens with one attached hydrogen (secondary N) is 2. The van der Waals surface area contributed by atoms with Crippen molar-refractivity contribution in [2.75, 3.05) is 26.2 Å². The van der Waals surface area contributed by atoms with Crippen LogP contribution in [0.1, 0.15) is 38.0 Å². The first-order valence-electron chi connectivity index (χ1n) is 13.1. The fourth-order valence-electron chi connectivity index (χ4n) is 6.06. The Kier molecular flexibility index (Phi) is 5.55. The fourth-order valence-corrected chi connectivity index (χ4v) is 6.06. The third-order valence-electron chi connectivity index (χ3n) is 7.92. The summed E-state index contributed by atoms with van der Waals surface area (Å²) in [6.07, 6.45) is 10.3. The standard InChI is InChI=1S/C28H31N7O/c1-2-13-35(20(6-1)17-34-11-3-4-12-34)18-27-32-33-28(36-27)23-14-19(15-26-24(23)16-30-31-26)21-7-5-8-25-22(21)9-10-29-25/h5,7-10,14-16,20,29H,1-4,6,11-13,17-18H2,(H,30,31). The molecule has 0 radical (unpaired) electrons. The molecule has 2 fully saturated rings. The predicted molar refractivity (Wildman–Crippen MR) is 140 cm³/mol. The van der Waals surface area contributed by atoms with Crippen molar-refractivity contribution in [1.29, 1.82) is 0 Å². The molecule has 8 nitrogen and oxygen atoms in total. The zero-order valence-electron chi connectivity index (χ0n) is 20.4. The Bertz CT molecular complexity index is 1490. The summed E-state index contributed by atoms with van der Waals surface area (Å²) in [4.78, 5) is 8.48. The molecule has 0 spiro atoms. The molecule has 0 amide bonds. The number of likely N-dealkylation sites (tertiary alicyclic amines) is 2. The summed E-state index contributed by atoms with van der Waals surface area (Å²) >= 11 is 0. The second kappa shape index (κ2) is 9.19. The number of hydrogen-bond donors (Lipinski definition) is 2. The lowest BCUT2D eigenvalue weighted by atomic mass is 9.98. The third kappa shape index (κ3) is 4.00. The van der Waals surface area contributed by atoms with Crippen molar-refractivity contribution in [3.05, 3.63) is 54.7 Å². The molecule has 2 aliphatic rings. The van der Waals surface area contributed by atoms with Crippen LogP contribution in [0.3, 0.4) is 0 Å². The van der Waals surface area contributed by atoms with Crippen LogP contribution in [0.4, 0.5) is 0 Å². The quantitative estimate of drug-likeness (QED) is 0.346. The van der Waals surface area contributed by atoms with E-state index >= 15 is 0 Å². The van der Waals surface area contributed by atoms with Crippen LogP contribution in [0.25, 0.3) is 44.4 Å². The smallest absolute Gasteiger partial charge is 0.248 e. The molecule has 8 heteroatoms. The molecule has 0 saturated carbocycles. The number of H-pyrrole nitrogens is 2. The highest BCUT2D eigenvalue weighted by Crippen LogP contribution is 2.35. The average Bonchev–Trinajstić information content (AvgIpc) is 3.72. The summed E-state index contributed by atoms with van der Waals surface area (Å²) in [5.74, 6) is 1.24. The Balaban J connectivity index is 1.20. The normalized spacial score (nSPS) is 19.6. The van der Waals surface area contributed by atoms with E-state index in [9.17, 15) is 0 Å². The molecule has 1 unspecified atom stereocenters. The van der Waals surface area contributed by atoms with E-state index in [4.69, 9.17) is 4.42 Å². The molecule has 5 heterocycles. The number of aromatic amines is 2. The van der Waals surface area contributed by atoms with Gasteiger partial charge in [-0.3, -0.25) is 10.00 Å². The van der Waals surface area contributed by atoms with Gasteiger partial charge in [-0.25, -0.2) is 0 Å². The van der Waals surface area contributed by atoms with Crippen LogP contribution in [-0.2, 0) is 6.54 Å². The Morgan fingerprint density at radius 2 is 1.83 bits per heavy atom. The molecule has 2 aromatic carbocycles. The van der Waals surface area contributed by atoms with Gasteiger partial charge in [0, 0.05) is 35.1 Å². The van der Waals surface area contributed by atoms with Gasteiger partial charge in [-0.15, -0.1) is 10.2 Å². The van der Waals surface area contributed by atoms with Gasteiger partial charge in [-0.1, -0.05) is 18.6 Å². The SMILES string of the molecule is c1cc(-c2cc(-c3nnc(CN4CCCCC4CN4CCCC4)o3)c3cn[nH]c3c2)c2cc[nH]c2c1. The molecule has 2 aliphatic heterocycles. The van der Waals surface area contributed by atoms with E-state index in [1.54, 1.807) is 0 Å². The van der Waals surface area contributed by atoms with Crippen LogP contribution in [0.5, 0.6) is 0 Å². The Labute approximate surface area is 209 Å². The number of piperidine rings is 1. The second-order valence-corrected chi connectivity index (χ2v) is 10.2. The van der Waals surface area contributed by atoms with Crippen LogP contribution in [0.15, 0.2) is 53.2 Å². The molecule has 5 aromatic rings. The number of aromatic nitrogens is 5. The topological polar surface area (TPSA) is 89.9 Å². The Morgan fingerprint density at radius 1 is 0.917 bits per heavy atom. The lowest BCUT2D eigenvalue weighted by Gasteiger charge is -2.37. The minimum absolute atomic E-state index is 0.549. The van der Waals surface area contributed by atoms with E-state index < -0.39 is 0 Å². The Hall–Kier alpha value is -3.49. The first kappa shape index (κ1) is 21.8. The van der Waals surface area contributed by atoms with E-state index in [2.05, 4.69) is 71.6 Å². The van der Waals surface area contributed by atoms with Crippen molar-refractivity contribution in [1.82, 2.24) is 35.2 Å². The van der Waals surface area contributed by atoms with Gasteiger partial charge in [0.05, 0.1) is 23.8 Å². The molecule has 3 aromatic heterocycles. The van der Waals surface area contributed by atoms with Crippen LogP contribution in [-0.4, -0.2) is 67.4 Å². The number of rotatable bonds is 6. The second-order valence-electron chi connectivity index (χ2n) is 10.2. The number of hydrogen-bond acceptors (Lipinski definition) is 6. The van der Waals surface area contributed by atoms with Crippen molar-refractivity contribution in [3.63, 3.8) is 0 Å². The highest BCUT2D eigenvalue weighted by Gasteiger charge is 2.27. The van der Waals surface area contributed by atoms with E-state index in [1.165, 1.54) is 50.6 Å². The molecule has 1 atom stereocenters. The summed E-state index contributed by atoms with van der Waals surface area (Å²) in [5, 5.41) is 18.6. The van der Waals surface area contributed by atoms with Gasteiger partial charge in [-0.05, 0) is 80.7 Å². The zero-order chi connectivity index (χ0) is 23.9. The molecule has 0 bridgehead atoms. The van der Waals surface area contributed by atoms with Crippen LogP contribution in [0, 0.1) is 0 Å². The molecular formula is C28H31N7O. The average molecular weight is 482 g/mol.